The lowest BCUT2D eigenvalue weighted by molar-refractivity contribution is 0.221. The van der Waals surface area contributed by atoms with E-state index in [-0.39, 0.29) is 12.5 Å². The van der Waals surface area contributed by atoms with Gasteiger partial charge in [-0.1, -0.05) is 43.6 Å². The van der Waals surface area contributed by atoms with Gasteiger partial charge in [0.1, 0.15) is 12.2 Å². The topological polar surface area (TPSA) is 50.9 Å². The summed E-state index contributed by atoms with van der Waals surface area (Å²) in [6.45, 7) is 5.26. The summed E-state index contributed by atoms with van der Waals surface area (Å²) >= 11 is 6.19. The van der Waals surface area contributed by atoms with Gasteiger partial charge >= 0.3 is 0 Å². The molecule has 0 aliphatic carbocycles. The molecule has 1 atom stereocenters. The van der Waals surface area contributed by atoms with Crippen molar-refractivity contribution in [1.29, 1.82) is 0 Å². The summed E-state index contributed by atoms with van der Waals surface area (Å²) in [5, 5.41) is 14.7. The summed E-state index contributed by atoms with van der Waals surface area (Å²) in [5.74, 6) is 1.54. The minimum absolute atomic E-state index is 0.0972. The van der Waals surface area contributed by atoms with Crippen molar-refractivity contribution < 1.29 is 5.11 Å². The molecular weight excluding hydrogens is 286 g/mol. The Labute approximate surface area is 130 Å². The Bertz CT molecular complexity index is 568. The van der Waals surface area contributed by atoms with Crippen molar-refractivity contribution in [2.24, 2.45) is 11.8 Å². The van der Waals surface area contributed by atoms with Gasteiger partial charge in [0, 0.05) is 24.6 Å². The molecule has 0 fully saturated rings. The van der Waals surface area contributed by atoms with Crippen LogP contribution in [0.1, 0.15) is 25.2 Å². The van der Waals surface area contributed by atoms with Gasteiger partial charge in [-0.15, -0.1) is 0 Å². The van der Waals surface area contributed by atoms with Gasteiger partial charge in [0.05, 0.1) is 0 Å². The second kappa shape index (κ2) is 7.57. The van der Waals surface area contributed by atoms with E-state index in [0.717, 1.165) is 29.4 Å². The van der Waals surface area contributed by atoms with Crippen LogP contribution in [0.3, 0.4) is 0 Å². The Morgan fingerprint density at radius 3 is 2.67 bits per heavy atom. The molecule has 114 valence electrons. The highest BCUT2D eigenvalue weighted by Gasteiger charge is 2.15. The zero-order valence-corrected chi connectivity index (χ0v) is 13.3. The van der Waals surface area contributed by atoms with Crippen molar-refractivity contribution in [3.8, 4) is 0 Å². The molecule has 0 bridgehead atoms. The molecule has 2 aromatic rings. The van der Waals surface area contributed by atoms with E-state index in [1.54, 1.807) is 6.33 Å². The lowest BCUT2D eigenvalue weighted by Gasteiger charge is -2.16. The average Bonchev–Trinajstić information content (AvgIpc) is 2.86. The Kier molecular flexibility index (Phi) is 5.76. The van der Waals surface area contributed by atoms with Crippen LogP contribution in [0.25, 0.3) is 0 Å². The number of aromatic nitrogens is 3. The maximum Gasteiger partial charge on any atom is 0.138 e. The molecule has 0 spiro atoms. The van der Waals surface area contributed by atoms with Gasteiger partial charge in [-0.25, -0.2) is 9.67 Å². The van der Waals surface area contributed by atoms with Crippen LogP contribution >= 0.6 is 11.6 Å². The van der Waals surface area contributed by atoms with Crippen LogP contribution in [0.2, 0.25) is 5.02 Å². The van der Waals surface area contributed by atoms with Gasteiger partial charge in [0.2, 0.25) is 0 Å². The zero-order chi connectivity index (χ0) is 15.2. The first kappa shape index (κ1) is 16.0. The third kappa shape index (κ3) is 4.55. The molecule has 1 aromatic carbocycles. The van der Waals surface area contributed by atoms with E-state index in [0.29, 0.717) is 12.3 Å². The van der Waals surface area contributed by atoms with E-state index < -0.39 is 0 Å². The van der Waals surface area contributed by atoms with Crippen LogP contribution < -0.4 is 0 Å². The zero-order valence-electron chi connectivity index (χ0n) is 12.5. The van der Waals surface area contributed by atoms with E-state index >= 15 is 0 Å². The summed E-state index contributed by atoms with van der Waals surface area (Å²) in [6, 6.07) is 7.77. The van der Waals surface area contributed by atoms with Crippen LogP contribution in [0, 0.1) is 11.8 Å². The van der Waals surface area contributed by atoms with Crippen molar-refractivity contribution in [3.05, 3.63) is 47.0 Å². The quantitative estimate of drug-likeness (QED) is 0.855. The predicted octanol–water partition coefficient (Wildman–Crippen LogP) is 2.98. The maximum atomic E-state index is 9.65. The van der Waals surface area contributed by atoms with Crippen LogP contribution in [0.4, 0.5) is 0 Å². The van der Waals surface area contributed by atoms with Gasteiger partial charge in [0.25, 0.3) is 0 Å². The van der Waals surface area contributed by atoms with E-state index in [1.165, 1.54) is 0 Å². The number of benzene rings is 1. The molecule has 0 radical (unpaired) electrons. The van der Waals surface area contributed by atoms with Crippen molar-refractivity contribution in [3.63, 3.8) is 0 Å². The lowest BCUT2D eigenvalue weighted by Crippen LogP contribution is -2.18. The van der Waals surface area contributed by atoms with Crippen LogP contribution in [0.15, 0.2) is 30.6 Å². The van der Waals surface area contributed by atoms with Crippen molar-refractivity contribution in [2.75, 3.05) is 6.61 Å². The van der Waals surface area contributed by atoms with Gasteiger partial charge in [0.15, 0.2) is 0 Å². The molecule has 0 saturated heterocycles. The monoisotopic (exact) mass is 307 g/mol. The fourth-order valence-corrected chi connectivity index (χ4v) is 2.59. The summed E-state index contributed by atoms with van der Waals surface area (Å²) < 4.78 is 1.93. The molecule has 21 heavy (non-hydrogen) atoms. The Morgan fingerprint density at radius 2 is 2.00 bits per heavy atom. The van der Waals surface area contributed by atoms with Gasteiger partial charge in [-0.2, -0.15) is 5.10 Å². The number of hydrogen-bond donors (Lipinski definition) is 1. The highest BCUT2D eigenvalue weighted by atomic mass is 35.5. The van der Waals surface area contributed by atoms with Gasteiger partial charge in [-0.3, -0.25) is 0 Å². The van der Waals surface area contributed by atoms with E-state index in [4.69, 9.17) is 11.6 Å². The number of hydrogen-bond acceptors (Lipinski definition) is 3. The first-order valence-corrected chi connectivity index (χ1v) is 7.69. The highest BCUT2D eigenvalue weighted by molar-refractivity contribution is 6.31. The number of aliphatic hydroxyl groups is 1. The molecule has 0 amide bonds. The summed E-state index contributed by atoms with van der Waals surface area (Å²) in [6.07, 6.45) is 3.03. The Hall–Kier alpha value is -1.39. The van der Waals surface area contributed by atoms with Gasteiger partial charge in [-0.05, 0) is 29.9 Å². The highest BCUT2D eigenvalue weighted by Crippen LogP contribution is 2.20. The lowest BCUT2D eigenvalue weighted by atomic mass is 9.96. The SMILES string of the molecule is CC(C)Cn1ncnc1CC(CO)Cc1ccccc1Cl. The molecule has 1 N–H and O–H groups in total. The molecule has 4 nitrogen and oxygen atoms in total. The van der Waals surface area contributed by atoms with Gasteiger partial charge < -0.3 is 5.11 Å². The van der Waals surface area contributed by atoms with Crippen LogP contribution in [-0.4, -0.2) is 26.5 Å². The Morgan fingerprint density at radius 1 is 1.24 bits per heavy atom. The molecule has 5 heteroatoms. The minimum atomic E-state index is 0.0972. The molecule has 2 rings (SSSR count). The number of rotatable bonds is 7. The van der Waals surface area contributed by atoms with Crippen LogP contribution in [-0.2, 0) is 19.4 Å². The third-order valence-corrected chi connectivity index (χ3v) is 3.80. The third-order valence-electron chi connectivity index (χ3n) is 3.43. The second-order valence-electron chi connectivity index (χ2n) is 5.80. The average molecular weight is 308 g/mol. The summed E-state index contributed by atoms with van der Waals surface area (Å²) in [5.41, 5.74) is 1.06. The molecule has 1 aromatic heterocycles. The molecule has 0 saturated carbocycles. The van der Waals surface area contributed by atoms with E-state index in [1.807, 2.05) is 28.9 Å². The largest absolute Gasteiger partial charge is 0.396 e. The molecule has 0 aliphatic rings. The molecule has 1 heterocycles. The van der Waals surface area contributed by atoms with Crippen LogP contribution in [0.5, 0.6) is 0 Å². The fraction of sp³-hybridized carbons (Fsp3) is 0.500. The van der Waals surface area contributed by atoms with Crippen molar-refractivity contribution in [1.82, 2.24) is 14.8 Å². The number of halogens is 1. The fourth-order valence-electron chi connectivity index (χ4n) is 2.38. The van der Waals surface area contributed by atoms with Crippen molar-refractivity contribution >= 4 is 11.6 Å². The van der Waals surface area contributed by atoms with Crippen molar-refractivity contribution in [2.45, 2.75) is 33.2 Å². The number of nitrogens with zero attached hydrogens (tertiary/aromatic N) is 3. The summed E-state index contributed by atoms with van der Waals surface area (Å²) in [7, 11) is 0. The molecular formula is C16H22ClN3O. The summed E-state index contributed by atoms with van der Waals surface area (Å²) in [4.78, 5) is 4.33. The first-order chi connectivity index (χ1) is 10.1. The van der Waals surface area contributed by atoms with E-state index in [2.05, 4.69) is 23.9 Å². The Balaban J connectivity index is 2.06. The second-order valence-corrected chi connectivity index (χ2v) is 6.21. The molecule has 0 aliphatic heterocycles. The first-order valence-electron chi connectivity index (χ1n) is 7.31. The number of aliphatic hydroxyl groups excluding tert-OH is 1. The smallest absolute Gasteiger partial charge is 0.138 e. The molecule has 1 unspecified atom stereocenters. The minimum Gasteiger partial charge on any atom is -0.396 e. The normalized spacial score (nSPS) is 12.8. The standard InChI is InChI=1S/C16H22ClN3O/c1-12(2)9-20-16(18-11-19-20)8-13(10-21)7-14-5-3-4-6-15(14)17/h3-6,11-13,21H,7-10H2,1-2H3. The maximum absolute atomic E-state index is 9.65. The van der Waals surface area contributed by atoms with E-state index in [9.17, 15) is 5.11 Å². The predicted molar refractivity (Wildman–Crippen MR) is 84.3 cm³/mol.